The third-order valence-corrected chi connectivity index (χ3v) is 3.60. The molecule has 2 heterocycles. The van der Waals surface area contributed by atoms with Crippen molar-refractivity contribution in [1.29, 1.82) is 0 Å². The number of nitrogens with one attached hydrogen (secondary N) is 1. The summed E-state index contributed by atoms with van der Waals surface area (Å²) in [6.45, 7) is 2.89. The van der Waals surface area contributed by atoms with E-state index in [-0.39, 0.29) is 5.82 Å². The molecule has 1 unspecified atom stereocenters. The molecule has 1 atom stereocenters. The monoisotopic (exact) mass is 302 g/mol. The summed E-state index contributed by atoms with van der Waals surface area (Å²) >= 11 is 3.15. The van der Waals surface area contributed by atoms with Gasteiger partial charge in [-0.25, -0.2) is 0 Å². The molecule has 1 N–H and O–H groups in total. The van der Waals surface area contributed by atoms with Crippen molar-refractivity contribution in [2.45, 2.75) is 25.8 Å². The molecule has 0 radical (unpaired) electrons. The fraction of sp³-hybridized carbons (Fsp3) is 0.700. The van der Waals surface area contributed by atoms with Crippen LogP contribution in [-0.4, -0.2) is 27.8 Å². The lowest BCUT2D eigenvalue weighted by Gasteiger charge is -2.21. The number of piperidine rings is 1. The second kappa shape index (κ2) is 5.59. The topological polar surface area (TPSA) is 73.0 Å². The van der Waals surface area contributed by atoms with E-state index in [1.54, 1.807) is 10.9 Å². The van der Waals surface area contributed by atoms with Crippen LogP contribution in [0.25, 0.3) is 0 Å². The molecule has 1 aliphatic rings. The normalized spacial score (nSPS) is 20.4. The van der Waals surface area contributed by atoms with Gasteiger partial charge < -0.3 is 15.4 Å². The van der Waals surface area contributed by atoms with E-state index in [9.17, 15) is 10.1 Å². The van der Waals surface area contributed by atoms with Crippen molar-refractivity contribution in [3.63, 3.8) is 0 Å². The minimum atomic E-state index is -0.469. The smallest absolute Gasteiger partial charge is 0.358 e. The zero-order chi connectivity index (χ0) is 12.3. The van der Waals surface area contributed by atoms with Gasteiger partial charge in [0, 0.05) is 0 Å². The van der Waals surface area contributed by atoms with Gasteiger partial charge >= 0.3 is 5.82 Å². The summed E-state index contributed by atoms with van der Waals surface area (Å²) in [5.41, 5.74) is 0. The highest BCUT2D eigenvalue weighted by Gasteiger charge is 2.19. The number of nitro groups is 1. The summed E-state index contributed by atoms with van der Waals surface area (Å²) in [6.07, 6.45) is 5.14. The average Bonchev–Trinajstić information content (AvgIpc) is 2.69. The quantitative estimate of drug-likeness (QED) is 0.681. The molecule has 0 saturated carbocycles. The Bertz CT molecular complexity index is 401. The van der Waals surface area contributed by atoms with E-state index in [2.05, 4.69) is 26.3 Å². The van der Waals surface area contributed by atoms with E-state index in [1.807, 2.05) is 0 Å². The summed E-state index contributed by atoms with van der Waals surface area (Å²) in [6, 6.07) is 0. The minimum Gasteiger partial charge on any atom is -0.358 e. The van der Waals surface area contributed by atoms with Crippen molar-refractivity contribution in [3.8, 4) is 0 Å². The lowest BCUT2D eigenvalue weighted by molar-refractivity contribution is -0.390. The van der Waals surface area contributed by atoms with E-state index in [1.165, 1.54) is 12.8 Å². The van der Waals surface area contributed by atoms with Crippen molar-refractivity contribution in [1.82, 2.24) is 15.1 Å². The first-order valence-corrected chi connectivity index (χ1v) is 6.54. The van der Waals surface area contributed by atoms with Crippen molar-refractivity contribution < 1.29 is 4.92 Å². The van der Waals surface area contributed by atoms with Crippen LogP contribution >= 0.6 is 15.9 Å². The highest BCUT2D eigenvalue weighted by atomic mass is 79.9. The van der Waals surface area contributed by atoms with Crippen LogP contribution in [0.3, 0.4) is 0 Å². The number of aromatic nitrogens is 2. The largest absolute Gasteiger partial charge is 0.404 e. The summed E-state index contributed by atoms with van der Waals surface area (Å²) in [4.78, 5) is 10.2. The first kappa shape index (κ1) is 12.5. The van der Waals surface area contributed by atoms with Gasteiger partial charge in [-0.15, -0.1) is 0 Å². The molecule has 1 aromatic rings. The average molecular weight is 303 g/mol. The lowest BCUT2D eigenvalue weighted by Crippen LogP contribution is -2.30. The van der Waals surface area contributed by atoms with Crippen LogP contribution < -0.4 is 5.32 Å². The van der Waals surface area contributed by atoms with Crippen LogP contribution in [0.15, 0.2) is 10.7 Å². The standard InChI is InChI=1S/C10H15BrN4O2/c11-9-7-14(13-10(9)15(16)17)5-3-8-2-1-4-12-6-8/h7-8,12H,1-6H2. The van der Waals surface area contributed by atoms with Crippen molar-refractivity contribution >= 4 is 21.7 Å². The molecular weight excluding hydrogens is 288 g/mol. The molecule has 1 saturated heterocycles. The second-order valence-electron chi connectivity index (χ2n) is 4.32. The zero-order valence-electron chi connectivity index (χ0n) is 9.43. The first-order valence-electron chi connectivity index (χ1n) is 5.75. The van der Waals surface area contributed by atoms with Gasteiger partial charge in [-0.1, -0.05) is 0 Å². The van der Waals surface area contributed by atoms with E-state index in [0.717, 1.165) is 26.1 Å². The van der Waals surface area contributed by atoms with Crippen molar-refractivity contribution in [3.05, 3.63) is 20.8 Å². The van der Waals surface area contributed by atoms with E-state index < -0.39 is 4.92 Å². The van der Waals surface area contributed by atoms with Gasteiger partial charge in [-0.3, -0.25) is 0 Å². The van der Waals surface area contributed by atoms with Crippen LogP contribution in [-0.2, 0) is 6.54 Å². The first-order chi connectivity index (χ1) is 8.16. The molecular formula is C10H15BrN4O2. The van der Waals surface area contributed by atoms with Gasteiger partial charge in [-0.05, 0) is 59.1 Å². The van der Waals surface area contributed by atoms with Crippen LogP contribution in [0, 0.1) is 16.0 Å². The Morgan fingerprint density at radius 3 is 3.12 bits per heavy atom. The second-order valence-corrected chi connectivity index (χ2v) is 5.18. The van der Waals surface area contributed by atoms with Crippen LogP contribution in [0.5, 0.6) is 0 Å². The van der Waals surface area contributed by atoms with Crippen LogP contribution in [0.4, 0.5) is 5.82 Å². The molecule has 0 bridgehead atoms. The molecule has 17 heavy (non-hydrogen) atoms. The predicted octanol–water partition coefficient (Wildman–Crippen LogP) is 1.94. The third-order valence-electron chi connectivity index (χ3n) is 3.04. The molecule has 0 amide bonds. The maximum absolute atomic E-state index is 10.6. The van der Waals surface area contributed by atoms with Gasteiger partial charge in [0.05, 0.1) is 17.8 Å². The molecule has 1 fully saturated rings. The predicted molar refractivity (Wildman–Crippen MR) is 66.8 cm³/mol. The van der Waals surface area contributed by atoms with Crippen molar-refractivity contribution in [2.75, 3.05) is 13.1 Å². The molecule has 1 aromatic heterocycles. The molecule has 0 aromatic carbocycles. The molecule has 6 nitrogen and oxygen atoms in total. The Morgan fingerprint density at radius 1 is 1.71 bits per heavy atom. The van der Waals surface area contributed by atoms with E-state index in [4.69, 9.17) is 0 Å². The number of hydrogen-bond donors (Lipinski definition) is 1. The Kier molecular flexibility index (Phi) is 4.11. The Morgan fingerprint density at radius 2 is 2.53 bits per heavy atom. The number of halogens is 1. The van der Waals surface area contributed by atoms with E-state index >= 15 is 0 Å². The molecule has 0 aliphatic carbocycles. The molecule has 7 heteroatoms. The van der Waals surface area contributed by atoms with Crippen LogP contribution in [0.1, 0.15) is 19.3 Å². The van der Waals surface area contributed by atoms with E-state index in [0.29, 0.717) is 10.4 Å². The molecule has 2 rings (SSSR count). The number of hydrogen-bond acceptors (Lipinski definition) is 4. The Balaban J connectivity index is 1.90. The molecule has 94 valence electrons. The lowest BCUT2D eigenvalue weighted by atomic mass is 9.96. The fourth-order valence-electron chi connectivity index (χ4n) is 2.11. The highest BCUT2D eigenvalue weighted by molar-refractivity contribution is 9.10. The summed E-state index contributed by atoms with van der Waals surface area (Å²) in [7, 11) is 0. The summed E-state index contributed by atoms with van der Waals surface area (Å²) in [5.74, 6) is 0.553. The number of rotatable bonds is 4. The molecule has 0 spiro atoms. The number of aryl methyl sites for hydroxylation is 1. The van der Waals surface area contributed by atoms with Gasteiger partial charge in [0.25, 0.3) is 0 Å². The van der Waals surface area contributed by atoms with Crippen molar-refractivity contribution in [2.24, 2.45) is 5.92 Å². The fourth-order valence-corrected chi connectivity index (χ4v) is 2.57. The SMILES string of the molecule is O=[N+]([O-])c1nn(CCC2CCCNC2)cc1Br. The third kappa shape index (κ3) is 3.26. The Hall–Kier alpha value is -0.950. The zero-order valence-corrected chi connectivity index (χ0v) is 11.0. The van der Waals surface area contributed by atoms with Gasteiger partial charge in [0.15, 0.2) is 0 Å². The van der Waals surface area contributed by atoms with Gasteiger partial charge in [-0.2, -0.15) is 4.68 Å². The maximum Gasteiger partial charge on any atom is 0.404 e. The summed E-state index contributed by atoms with van der Waals surface area (Å²) in [5, 5.41) is 17.9. The maximum atomic E-state index is 10.6. The van der Waals surface area contributed by atoms with Gasteiger partial charge in [0.2, 0.25) is 0 Å². The Labute approximate surface area is 108 Å². The molecule has 1 aliphatic heterocycles. The summed E-state index contributed by atoms with van der Waals surface area (Å²) < 4.78 is 2.10. The van der Waals surface area contributed by atoms with Crippen LogP contribution in [0.2, 0.25) is 0 Å². The highest BCUT2D eigenvalue weighted by Crippen LogP contribution is 2.23. The van der Waals surface area contributed by atoms with Gasteiger partial charge in [0.1, 0.15) is 4.47 Å². The minimum absolute atomic E-state index is 0.105. The number of nitrogens with zero attached hydrogens (tertiary/aromatic N) is 3.